The maximum Gasteiger partial charge on any atom is 0.240 e. The van der Waals surface area contributed by atoms with Crippen LogP contribution in [0.4, 0.5) is 0 Å². The number of hydrogen-bond donors (Lipinski definition) is 2. The first kappa shape index (κ1) is 15.5. The summed E-state index contributed by atoms with van der Waals surface area (Å²) in [5.41, 5.74) is 0.890. The van der Waals surface area contributed by atoms with E-state index in [9.17, 15) is 4.79 Å². The fourth-order valence-corrected chi connectivity index (χ4v) is 3.04. The van der Waals surface area contributed by atoms with Gasteiger partial charge in [0, 0.05) is 4.88 Å². The highest BCUT2D eigenvalue weighted by Gasteiger charge is 2.33. The Morgan fingerprint density at radius 3 is 2.89 bits per heavy atom. The summed E-state index contributed by atoms with van der Waals surface area (Å²) in [6.45, 7) is 5.68. The van der Waals surface area contributed by atoms with Gasteiger partial charge in [-0.2, -0.15) is 0 Å². The second kappa shape index (κ2) is 6.55. The molecule has 18 heavy (non-hydrogen) atoms. The molecule has 2 N–H and O–H groups in total. The second-order valence-corrected chi connectivity index (χ2v) is 5.93. The second-order valence-electron chi connectivity index (χ2n) is 4.93. The summed E-state index contributed by atoms with van der Waals surface area (Å²) in [6.07, 6.45) is 3.24. The van der Waals surface area contributed by atoms with Crippen molar-refractivity contribution < 1.29 is 4.79 Å². The van der Waals surface area contributed by atoms with Crippen LogP contribution >= 0.6 is 23.7 Å². The van der Waals surface area contributed by atoms with Crippen LogP contribution < -0.4 is 10.6 Å². The average Bonchev–Trinajstić information content (AvgIpc) is 2.73. The lowest BCUT2D eigenvalue weighted by atomic mass is 9.90. The molecule has 2 rings (SSSR count). The van der Waals surface area contributed by atoms with Gasteiger partial charge in [0.2, 0.25) is 5.91 Å². The van der Waals surface area contributed by atoms with Gasteiger partial charge >= 0.3 is 0 Å². The van der Waals surface area contributed by atoms with E-state index in [2.05, 4.69) is 29.0 Å². The molecule has 1 aliphatic rings. The number of nitrogens with one attached hydrogen (secondary N) is 2. The van der Waals surface area contributed by atoms with Crippen molar-refractivity contribution in [2.45, 2.75) is 45.2 Å². The number of hydrogen-bond acceptors (Lipinski definition) is 3. The summed E-state index contributed by atoms with van der Waals surface area (Å²) in [5.74, 6) is 0.130. The van der Waals surface area contributed by atoms with Gasteiger partial charge in [-0.1, -0.05) is 0 Å². The minimum absolute atomic E-state index is 0. The maximum atomic E-state index is 12.2. The van der Waals surface area contributed by atoms with Crippen LogP contribution in [0.1, 0.15) is 36.6 Å². The molecule has 1 fully saturated rings. The Morgan fingerprint density at radius 2 is 2.33 bits per heavy atom. The Kier molecular flexibility index (Phi) is 5.63. The number of piperidine rings is 1. The van der Waals surface area contributed by atoms with Gasteiger partial charge in [-0.3, -0.25) is 4.79 Å². The van der Waals surface area contributed by atoms with Gasteiger partial charge in [0.15, 0.2) is 0 Å². The van der Waals surface area contributed by atoms with E-state index in [1.807, 2.05) is 6.92 Å². The standard InChI is InChI=1S/C13H20N2OS.ClH/c1-10-5-8-17-11(10)9-14-12(16)13(2)6-3-4-7-15-13;/h5,8,15H,3-4,6-7,9H2,1-2H3,(H,14,16);1H. The molecule has 1 atom stereocenters. The summed E-state index contributed by atoms with van der Waals surface area (Å²) in [6, 6.07) is 2.09. The predicted octanol–water partition coefficient (Wildman–Crippen LogP) is 2.63. The number of aryl methyl sites for hydroxylation is 1. The van der Waals surface area contributed by atoms with Gasteiger partial charge in [-0.05, 0) is 56.7 Å². The summed E-state index contributed by atoms with van der Waals surface area (Å²) in [5, 5.41) is 8.44. The van der Waals surface area contributed by atoms with Crippen LogP contribution in [0.2, 0.25) is 0 Å². The molecule has 0 spiro atoms. The van der Waals surface area contributed by atoms with Gasteiger partial charge < -0.3 is 10.6 Å². The van der Waals surface area contributed by atoms with Crippen molar-refractivity contribution in [3.05, 3.63) is 21.9 Å². The van der Waals surface area contributed by atoms with E-state index in [-0.39, 0.29) is 23.9 Å². The zero-order chi connectivity index (χ0) is 12.3. The molecule has 0 aromatic carbocycles. The molecule has 1 saturated heterocycles. The van der Waals surface area contributed by atoms with Crippen LogP contribution in [0.15, 0.2) is 11.4 Å². The molecule has 0 saturated carbocycles. The first-order valence-electron chi connectivity index (χ1n) is 6.18. The fourth-order valence-electron chi connectivity index (χ4n) is 2.19. The third-order valence-corrected chi connectivity index (χ3v) is 4.52. The molecule has 3 nitrogen and oxygen atoms in total. The molecule has 0 bridgehead atoms. The zero-order valence-corrected chi connectivity index (χ0v) is 12.5. The number of rotatable bonds is 3. The summed E-state index contributed by atoms with van der Waals surface area (Å²) >= 11 is 1.70. The van der Waals surface area contributed by atoms with Gasteiger partial charge in [-0.15, -0.1) is 23.7 Å². The van der Waals surface area contributed by atoms with Crippen LogP contribution in [0, 0.1) is 6.92 Å². The van der Waals surface area contributed by atoms with Crippen LogP contribution in [0.25, 0.3) is 0 Å². The predicted molar refractivity (Wildman–Crippen MR) is 78.4 cm³/mol. The smallest absolute Gasteiger partial charge is 0.240 e. The number of carbonyl (C=O) groups excluding carboxylic acids is 1. The van der Waals surface area contributed by atoms with Gasteiger partial charge in [-0.25, -0.2) is 0 Å². The minimum Gasteiger partial charge on any atom is -0.350 e. The summed E-state index contributed by atoms with van der Waals surface area (Å²) < 4.78 is 0. The lowest BCUT2D eigenvalue weighted by Crippen LogP contribution is -2.56. The lowest BCUT2D eigenvalue weighted by Gasteiger charge is -2.33. The Bertz CT molecular complexity index is 399. The van der Waals surface area contributed by atoms with Crippen molar-refractivity contribution in [1.82, 2.24) is 10.6 Å². The minimum atomic E-state index is -0.372. The largest absolute Gasteiger partial charge is 0.350 e. The van der Waals surface area contributed by atoms with E-state index in [0.717, 1.165) is 19.4 Å². The lowest BCUT2D eigenvalue weighted by molar-refractivity contribution is -0.128. The molecular formula is C13H21ClN2OS. The Hall–Kier alpha value is -0.580. The monoisotopic (exact) mass is 288 g/mol. The molecule has 2 heterocycles. The van der Waals surface area contributed by atoms with Crippen molar-refractivity contribution in [3.8, 4) is 0 Å². The topological polar surface area (TPSA) is 41.1 Å². The third-order valence-electron chi connectivity index (χ3n) is 3.50. The molecular weight excluding hydrogens is 268 g/mol. The van der Waals surface area contributed by atoms with E-state index in [1.165, 1.54) is 16.9 Å². The molecule has 5 heteroatoms. The Labute approximate surface area is 119 Å². The Morgan fingerprint density at radius 1 is 1.56 bits per heavy atom. The van der Waals surface area contributed by atoms with E-state index in [0.29, 0.717) is 6.54 Å². The molecule has 1 amide bonds. The van der Waals surface area contributed by atoms with Crippen LogP contribution in [-0.2, 0) is 11.3 Å². The highest BCUT2D eigenvalue weighted by atomic mass is 35.5. The number of amides is 1. The molecule has 0 aliphatic carbocycles. The van der Waals surface area contributed by atoms with Crippen LogP contribution in [0.3, 0.4) is 0 Å². The Balaban J connectivity index is 0.00000162. The van der Waals surface area contributed by atoms with Crippen LogP contribution in [0.5, 0.6) is 0 Å². The first-order chi connectivity index (χ1) is 8.12. The van der Waals surface area contributed by atoms with Gasteiger partial charge in [0.1, 0.15) is 0 Å². The SMILES string of the molecule is Cc1ccsc1CNC(=O)C1(C)CCCCN1.Cl. The van der Waals surface area contributed by atoms with Gasteiger partial charge in [0.25, 0.3) is 0 Å². The van der Waals surface area contributed by atoms with E-state index < -0.39 is 0 Å². The third kappa shape index (κ3) is 3.46. The van der Waals surface area contributed by atoms with E-state index in [4.69, 9.17) is 0 Å². The zero-order valence-electron chi connectivity index (χ0n) is 10.9. The highest BCUT2D eigenvalue weighted by molar-refractivity contribution is 7.10. The molecule has 1 aromatic heterocycles. The number of thiophene rings is 1. The summed E-state index contributed by atoms with van der Waals surface area (Å²) in [4.78, 5) is 13.4. The highest BCUT2D eigenvalue weighted by Crippen LogP contribution is 2.20. The molecule has 0 radical (unpaired) electrons. The van der Waals surface area contributed by atoms with Crippen molar-refractivity contribution in [1.29, 1.82) is 0 Å². The van der Waals surface area contributed by atoms with Crippen molar-refractivity contribution >= 4 is 29.7 Å². The molecule has 1 unspecified atom stereocenters. The van der Waals surface area contributed by atoms with Crippen molar-refractivity contribution in [3.63, 3.8) is 0 Å². The normalized spacial score (nSPS) is 23.2. The first-order valence-corrected chi connectivity index (χ1v) is 7.06. The molecule has 1 aromatic rings. The quantitative estimate of drug-likeness (QED) is 0.898. The number of halogens is 1. The fraction of sp³-hybridized carbons (Fsp3) is 0.615. The van der Waals surface area contributed by atoms with E-state index in [1.54, 1.807) is 11.3 Å². The molecule has 102 valence electrons. The average molecular weight is 289 g/mol. The van der Waals surface area contributed by atoms with Crippen LogP contribution in [-0.4, -0.2) is 18.0 Å². The van der Waals surface area contributed by atoms with Crippen molar-refractivity contribution in [2.24, 2.45) is 0 Å². The maximum absolute atomic E-state index is 12.2. The van der Waals surface area contributed by atoms with Crippen molar-refractivity contribution in [2.75, 3.05) is 6.54 Å². The van der Waals surface area contributed by atoms with Gasteiger partial charge in [0.05, 0.1) is 12.1 Å². The summed E-state index contributed by atoms with van der Waals surface area (Å²) in [7, 11) is 0. The van der Waals surface area contributed by atoms with E-state index >= 15 is 0 Å². The number of carbonyl (C=O) groups is 1. The molecule has 1 aliphatic heterocycles.